The van der Waals surface area contributed by atoms with Crippen molar-refractivity contribution >= 4 is 11.9 Å². The van der Waals surface area contributed by atoms with Gasteiger partial charge in [0.1, 0.15) is 24.4 Å². The van der Waals surface area contributed by atoms with Gasteiger partial charge in [0.2, 0.25) is 5.91 Å². The van der Waals surface area contributed by atoms with Gasteiger partial charge in [0.25, 0.3) is 0 Å². The molecule has 1 amide bonds. The molecule has 0 bridgehead atoms. The van der Waals surface area contributed by atoms with Crippen LogP contribution in [0.5, 0.6) is 0 Å². The highest BCUT2D eigenvalue weighted by atomic mass is 16.7. The summed E-state index contributed by atoms with van der Waals surface area (Å²) in [4.78, 5) is 25.1. The first-order chi connectivity index (χ1) is 34.2. The summed E-state index contributed by atoms with van der Waals surface area (Å²) in [5.74, 6) is -0.331. The van der Waals surface area contributed by atoms with Gasteiger partial charge in [0, 0.05) is 12.8 Å². The lowest BCUT2D eigenvalue weighted by Gasteiger charge is -2.40. The number of unbranched alkanes of at least 4 members (excludes halogenated alkanes) is 23. The summed E-state index contributed by atoms with van der Waals surface area (Å²) >= 11 is 0. The maximum atomic E-state index is 13.0. The number of amides is 1. The molecule has 0 spiro atoms. The number of hydrogen-bond acceptors (Lipinski definition) is 10. The smallest absolute Gasteiger partial charge is 0.305 e. The standard InChI is InChI=1S/C59H103NO10/c1-3-5-7-9-11-13-15-17-19-21-25-29-33-37-41-45-52(62)51(50-69-59-58(67)57(66)56(65)53(49-61)70-59)60-54(63)46-42-38-34-30-26-22-20-24-28-32-36-40-44-48-68-55(64)47-43-39-35-31-27-23-18-16-14-12-10-8-6-4-2/h10,12,16,18,22,25-26,29,34,38,41,45,51-53,56-59,61-62,65-67H,3-9,11,13-15,17,19-21,23-24,27-28,30-33,35-37,39-40,42-44,46-50H2,1-2H3,(H,60,63)/b12-10-,18-16-,26-22-,29-25+,38-34-,45-41+. The van der Waals surface area contributed by atoms with Crippen molar-refractivity contribution in [1.29, 1.82) is 0 Å². The maximum Gasteiger partial charge on any atom is 0.305 e. The van der Waals surface area contributed by atoms with Crippen LogP contribution in [0, 0.1) is 0 Å². The van der Waals surface area contributed by atoms with Gasteiger partial charge in [-0.1, -0.05) is 196 Å². The predicted molar refractivity (Wildman–Crippen MR) is 287 cm³/mol. The second-order valence-corrected chi connectivity index (χ2v) is 19.3. The Kier molecular flexibility index (Phi) is 45.0. The number of esters is 1. The Labute approximate surface area is 426 Å². The van der Waals surface area contributed by atoms with Gasteiger partial charge < -0.3 is 45.1 Å². The number of aliphatic hydroxyl groups excluding tert-OH is 5. The maximum absolute atomic E-state index is 13.0. The van der Waals surface area contributed by atoms with Gasteiger partial charge in [-0.05, 0) is 89.9 Å². The minimum absolute atomic E-state index is 0.0560. The Balaban J connectivity index is 2.24. The summed E-state index contributed by atoms with van der Waals surface area (Å²) in [5, 5.41) is 54.3. The molecule has 1 rings (SSSR count). The number of nitrogens with one attached hydrogen (secondary N) is 1. The molecular formula is C59H103NO10. The fourth-order valence-corrected chi connectivity index (χ4v) is 8.22. The molecule has 0 aromatic heterocycles. The number of allylic oxidation sites excluding steroid dienone is 11. The van der Waals surface area contributed by atoms with Crippen LogP contribution < -0.4 is 5.32 Å². The van der Waals surface area contributed by atoms with Crippen LogP contribution in [0.4, 0.5) is 0 Å². The molecule has 1 aliphatic rings. The largest absolute Gasteiger partial charge is 0.466 e. The zero-order chi connectivity index (χ0) is 51.0. The number of carbonyl (C=O) groups excluding carboxylic acids is 2. The molecule has 1 saturated heterocycles. The highest BCUT2D eigenvalue weighted by Gasteiger charge is 2.44. The van der Waals surface area contributed by atoms with Crippen molar-refractivity contribution < 1.29 is 49.3 Å². The second kappa shape index (κ2) is 48.4. The monoisotopic (exact) mass is 986 g/mol. The fraction of sp³-hybridized carbons (Fsp3) is 0.763. The van der Waals surface area contributed by atoms with E-state index >= 15 is 0 Å². The van der Waals surface area contributed by atoms with Crippen molar-refractivity contribution in [2.75, 3.05) is 19.8 Å². The van der Waals surface area contributed by atoms with Crippen molar-refractivity contribution in [2.24, 2.45) is 0 Å². The molecule has 7 atom stereocenters. The van der Waals surface area contributed by atoms with Crippen LogP contribution in [-0.4, -0.2) is 100 Å². The van der Waals surface area contributed by atoms with E-state index in [-0.39, 0.29) is 24.9 Å². The van der Waals surface area contributed by atoms with Crippen molar-refractivity contribution in [3.05, 3.63) is 72.9 Å². The summed E-state index contributed by atoms with van der Waals surface area (Å²) in [6.45, 7) is 4.17. The van der Waals surface area contributed by atoms with Crippen LogP contribution >= 0.6 is 0 Å². The molecule has 1 aliphatic heterocycles. The molecule has 1 fully saturated rings. The van der Waals surface area contributed by atoms with Crippen molar-refractivity contribution in [1.82, 2.24) is 5.32 Å². The summed E-state index contributed by atoms with van der Waals surface area (Å²) in [6, 6.07) is -0.874. The molecular weight excluding hydrogens is 883 g/mol. The van der Waals surface area contributed by atoms with Gasteiger partial charge in [-0.2, -0.15) is 0 Å². The van der Waals surface area contributed by atoms with Crippen molar-refractivity contribution in [3.63, 3.8) is 0 Å². The van der Waals surface area contributed by atoms with E-state index in [1.165, 1.54) is 109 Å². The lowest BCUT2D eigenvalue weighted by molar-refractivity contribution is -0.302. The summed E-state index contributed by atoms with van der Waals surface area (Å²) in [6.07, 6.45) is 52.8. The third-order valence-corrected chi connectivity index (χ3v) is 12.8. The van der Waals surface area contributed by atoms with Gasteiger partial charge in [-0.3, -0.25) is 9.59 Å². The Morgan fingerprint density at radius 1 is 0.529 bits per heavy atom. The Bertz CT molecular complexity index is 1390. The first-order valence-electron chi connectivity index (χ1n) is 28.2. The lowest BCUT2D eigenvalue weighted by Crippen LogP contribution is -2.60. The summed E-state index contributed by atoms with van der Waals surface area (Å²) in [5.41, 5.74) is 0. The molecule has 7 unspecified atom stereocenters. The van der Waals surface area contributed by atoms with Crippen LogP contribution in [0.1, 0.15) is 226 Å². The molecule has 0 aromatic carbocycles. The van der Waals surface area contributed by atoms with Crippen LogP contribution in [0.2, 0.25) is 0 Å². The van der Waals surface area contributed by atoms with E-state index < -0.39 is 49.5 Å². The number of aliphatic hydroxyl groups is 5. The van der Waals surface area contributed by atoms with Crippen LogP contribution in [0.3, 0.4) is 0 Å². The molecule has 1 heterocycles. The molecule has 404 valence electrons. The zero-order valence-corrected chi connectivity index (χ0v) is 44.2. The van der Waals surface area contributed by atoms with E-state index in [4.69, 9.17) is 14.2 Å². The molecule has 11 heteroatoms. The van der Waals surface area contributed by atoms with Gasteiger partial charge in [-0.15, -0.1) is 0 Å². The third kappa shape index (κ3) is 37.8. The SMILES string of the molecule is CCCC/C=C\C/C=C\CCCCCCCC(=O)OCCCCCCCC/C=C\C/C=C\CCC(=O)NC(COC1OC(CO)C(O)C(O)C1O)C(O)/C=C/CC/C=C/CCCCCCCCCCC. The number of hydrogen-bond donors (Lipinski definition) is 6. The molecule has 70 heavy (non-hydrogen) atoms. The minimum atomic E-state index is -1.60. The Morgan fingerprint density at radius 3 is 1.57 bits per heavy atom. The highest BCUT2D eigenvalue weighted by molar-refractivity contribution is 5.76. The van der Waals surface area contributed by atoms with Crippen LogP contribution in [0.15, 0.2) is 72.9 Å². The van der Waals surface area contributed by atoms with E-state index in [2.05, 4.69) is 67.8 Å². The molecule has 6 N–H and O–H groups in total. The fourth-order valence-electron chi connectivity index (χ4n) is 8.22. The molecule has 0 radical (unpaired) electrons. The first kappa shape index (κ1) is 65.1. The zero-order valence-electron chi connectivity index (χ0n) is 44.2. The topological polar surface area (TPSA) is 175 Å². The Hall–Kier alpha value is -2.90. The van der Waals surface area contributed by atoms with Crippen LogP contribution in [-0.2, 0) is 23.8 Å². The van der Waals surface area contributed by atoms with Crippen LogP contribution in [0.25, 0.3) is 0 Å². The van der Waals surface area contributed by atoms with Gasteiger partial charge in [0.15, 0.2) is 6.29 Å². The average Bonchev–Trinajstić information content (AvgIpc) is 3.36. The first-order valence-corrected chi connectivity index (χ1v) is 28.2. The average molecular weight is 986 g/mol. The van der Waals surface area contributed by atoms with E-state index in [1.54, 1.807) is 6.08 Å². The summed E-state index contributed by atoms with van der Waals surface area (Å²) < 4.78 is 16.6. The van der Waals surface area contributed by atoms with E-state index in [9.17, 15) is 35.1 Å². The number of rotatable bonds is 47. The second-order valence-electron chi connectivity index (χ2n) is 19.3. The van der Waals surface area contributed by atoms with Gasteiger partial charge in [0.05, 0.1) is 32.0 Å². The molecule has 0 aliphatic carbocycles. The summed E-state index contributed by atoms with van der Waals surface area (Å²) in [7, 11) is 0. The highest BCUT2D eigenvalue weighted by Crippen LogP contribution is 2.22. The van der Waals surface area contributed by atoms with Crippen molar-refractivity contribution in [3.8, 4) is 0 Å². The Morgan fingerprint density at radius 2 is 1.00 bits per heavy atom. The third-order valence-electron chi connectivity index (χ3n) is 12.8. The molecule has 0 saturated carbocycles. The van der Waals surface area contributed by atoms with Gasteiger partial charge >= 0.3 is 5.97 Å². The van der Waals surface area contributed by atoms with E-state index in [0.29, 0.717) is 19.4 Å². The number of ether oxygens (including phenoxy) is 3. The lowest BCUT2D eigenvalue weighted by atomic mass is 9.99. The number of carbonyl (C=O) groups is 2. The van der Waals surface area contributed by atoms with Crippen molar-refractivity contribution in [2.45, 2.75) is 269 Å². The molecule has 11 nitrogen and oxygen atoms in total. The minimum Gasteiger partial charge on any atom is -0.466 e. The normalized spacial score (nSPS) is 19.8. The van der Waals surface area contributed by atoms with Gasteiger partial charge in [-0.25, -0.2) is 0 Å². The van der Waals surface area contributed by atoms with E-state index in [0.717, 1.165) is 83.5 Å². The quantitative estimate of drug-likeness (QED) is 0.0196. The van der Waals surface area contributed by atoms with E-state index in [1.807, 2.05) is 18.2 Å². The molecule has 0 aromatic rings. The predicted octanol–water partition coefficient (Wildman–Crippen LogP) is 12.4.